The average molecular weight is 327 g/mol. The summed E-state index contributed by atoms with van der Waals surface area (Å²) < 4.78 is 1.87. The van der Waals surface area contributed by atoms with Gasteiger partial charge in [0.05, 0.1) is 12.4 Å². The van der Waals surface area contributed by atoms with Crippen LogP contribution in [0.5, 0.6) is 0 Å². The van der Waals surface area contributed by atoms with Crippen molar-refractivity contribution in [2.75, 3.05) is 13.1 Å². The molecule has 0 spiro atoms. The van der Waals surface area contributed by atoms with E-state index in [0.29, 0.717) is 6.54 Å². The van der Waals surface area contributed by atoms with Crippen LogP contribution < -0.4 is 10.6 Å². The molecule has 1 aliphatic heterocycles. The lowest BCUT2D eigenvalue weighted by Gasteiger charge is -2.21. The van der Waals surface area contributed by atoms with Crippen molar-refractivity contribution in [3.63, 3.8) is 0 Å². The molecular weight excluding hydrogens is 310 g/mol. The first kappa shape index (κ1) is 15.7. The third kappa shape index (κ3) is 3.78. The van der Waals surface area contributed by atoms with Gasteiger partial charge in [0.15, 0.2) is 0 Å². The number of hydrogen-bond acceptors (Lipinski definition) is 4. The lowest BCUT2D eigenvalue weighted by atomic mass is 10.1. The molecule has 24 heavy (non-hydrogen) atoms. The van der Waals surface area contributed by atoms with Crippen molar-refractivity contribution in [2.24, 2.45) is 0 Å². The second-order valence-corrected chi connectivity index (χ2v) is 5.50. The number of amides is 4. The predicted molar refractivity (Wildman–Crippen MR) is 84.7 cm³/mol. The summed E-state index contributed by atoms with van der Waals surface area (Å²) in [5, 5.41) is 5.06. The molecule has 3 rings (SSSR count). The van der Waals surface area contributed by atoms with E-state index >= 15 is 0 Å². The van der Waals surface area contributed by atoms with Gasteiger partial charge in [-0.05, 0) is 5.56 Å². The van der Waals surface area contributed by atoms with E-state index in [1.54, 1.807) is 12.5 Å². The molecule has 0 bridgehead atoms. The molecule has 1 aromatic carbocycles. The molecule has 2 N–H and O–H groups in total. The van der Waals surface area contributed by atoms with Gasteiger partial charge in [0.2, 0.25) is 11.8 Å². The van der Waals surface area contributed by atoms with E-state index in [1.165, 1.54) is 4.90 Å². The van der Waals surface area contributed by atoms with Gasteiger partial charge in [-0.3, -0.25) is 14.9 Å². The molecule has 2 aromatic rings. The summed E-state index contributed by atoms with van der Waals surface area (Å²) in [5.41, 5.74) is 0.946. The number of benzene rings is 1. The third-order valence-electron chi connectivity index (χ3n) is 3.69. The summed E-state index contributed by atoms with van der Waals surface area (Å²) in [6.45, 7) is 0.259. The number of imidazole rings is 1. The first-order valence-corrected chi connectivity index (χ1v) is 7.50. The van der Waals surface area contributed by atoms with Gasteiger partial charge in [-0.1, -0.05) is 30.3 Å². The Morgan fingerprint density at radius 2 is 2.08 bits per heavy atom. The molecule has 0 saturated carbocycles. The molecular formula is C16H17N5O3. The number of carbonyl (C=O) groups excluding carboxylic acids is 3. The van der Waals surface area contributed by atoms with Crippen LogP contribution in [0.1, 0.15) is 11.6 Å². The van der Waals surface area contributed by atoms with Gasteiger partial charge >= 0.3 is 6.03 Å². The highest BCUT2D eigenvalue weighted by molar-refractivity contribution is 6.03. The van der Waals surface area contributed by atoms with Crippen LogP contribution in [0.15, 0.2) is 49.1 Å². The minimum atomic E-state index is -0.541. The van der Waals surface area contributed by atoms with Crippen LogP contribution in [-0.2, 0) is 16.1 Å². The Hall–Kier alpha value is -3.16. The maximum Gasteiger partial charge on any atom is 0.325 e. The van der Waals surface area contributed by atoms with Crippen LogP contribution in [-0.4, -0.2) is 45.4 Å². The Kier molecular flexibility index (Phi) is 4.55. The van der Waals surface area contributed by atoms with Crippen LogP contribution in [0.3, 0.4) is 0 Å². The van der Waals surface area contributed by atoms with Gasteiger partial charge in [-0.2, -0.15) is 0 Å². The maximum atomic E-state index is 12.3. The van der Waals surface area contributed by atoms with Crippen LogP contribution in [0.25, 0.3) is 0 Å². The highest BCUT2D eigenvalue weighted by atomic mass is 16.2. The third-order valence-corrected chi connectivity index (χ3v) is 3.69. The SMILES string of the molecule is O=C1CN(CC(=O)NC(Cn2ccnc2)c2ccccc2)C(=O)N1. The Bertz CT molecular complexity index is 729. The largest absolute Gasteiger partial charge is 0.346 e. The Labute approximate surface area is 138 Å². The van der Waals surface area contributed by atoms with E-state index in [1.807, 2.05) is 41.1 Å². The quantitative estimate of drug-likeness (QED) is 0.746. The predicted octanol–water partition coefficient (Wildman–Crippen LogP) is 0.292. The Morgan fingerprint density at radius 3 is 2.71 bits per heavy atom. The maximum absolute atomic E-state index is 12.3. The first-order valence-electron chi connectivity index (χ1n) is 7.50. The summed E-state index contributed by atoms with van der Waals surface area (Å²) in [4.78, 5) is 40.2. The molecule has 1 aromatic heterocycles. The van der Waals surface area contributed by atoms with Crippen LogP contribution >= 0.6 is 0 Å². The zero-order valence-electron chi connectivity index (χ0n) is 12.9. The van der Waals surface area contributed by atoms with Crippen LogP contribution in [0.4, 0.5) is 4.79 Å². The molecule has 0 radical (unpaired) electrons. The van der Waals surface area contributed by atoms with Crippen LogP contribution in [0.2, 0.25) is 0 Å². The van der Waals surface area contributed by atoms with Gasteiger partial charge in [0.25, 0.3) is 0 Å². The zero-order chi connectivity index (χ0) is 16.9. The van der Waals surface area contributed by atoms with E-state index in [0.717, 1.165) is 5.56 Å². The molecule has 1 aliphatic rings. The minimum Gasteiger partial charge on any atom is -0.346 e. The highest BCUT2D eigenvalue weighted by Gasteiger charge is 2.28. The Morgan fingerprint density at radius 1 is 1.29 bits per heavy atom. The monoisotopic (exact) mass is 327 g/mol. The van der Waals surface area contributed by atoms with Crippen molar-refractivity contribution in [2.45, 2.75) is 12.6 Å². The molecule has 0 aliphatic carbocycles. The van der Waals surface area contributed by atoms with Crippen molar-refractivity contribution in [3.05, 3.63) is 54.6 Å². The molecule has 1 saturated heterocycles. The van der Waals surface area contributed by atoms with E-state index in [9.17, 15) is 14.4 Å². The highest BCUT2D eigenvalue weighted by Crippen LogP contribution is 2.15. The van der Waals surface area contributed by atoms with Crippen molar-refractivity contribution < 1.29 is 14.4 Å². The molecule has 1 atom stereocenters. The number of rotatable bonds is 6. The lowest BCUT2D eigenvalue weighted by molar-refractivity contribution is -0.122. The van der Waals surface area contributed by atoms with Gasteiger partial charge in [-0.25, -0.2) is 9.78 Å². The lowest BCUT2D eigenvalue weighted by Crippen LogP contribution is -2.41. The number of hydrogen-bond donors (Lipinski definition) is 2. The summed E-state index contributed by atoms with van der Waals surface area (Å²) in [6.07, 6.45) is 5.16. The zero-order valence-corrected chi connectivity index (χ0v) is 12.9. The smallest absolute Gasteiger partial charge is 0.325 e. The normalized spacial score (nSPS) is 15.2. The number of nitrogens with zero attached hydrogens (tertiary/aromatic N) is 3. The molecule has 8 nitrogen and oxygen atoms in total. The van der Waals surface area contributed by atoms with Gasteiger partial charge < -0.3 is 14.8 Å². The van der Waals surface area contributed by atoms with Gasteiger partial charge in [0, 0.05) is 18.9 Å². The molecule has 2 heterocycles. The van der Waals surface area contributed by atoms with E-state index in [-0.39, 0.29) is 25.0 Å². The van der Waals surface area contributed by atoms with E-state index in [4.69, 9.17) is 0 Å². The molecule has 1 unspecified atom stereocenters. The number of nitrogens with one attached hydrogen (secondary N) is 2. The molecule has 124 valence electrons. The van der Waals surface area contributed by atoms with E-state index in [2.05, 4.69) is 15.6 Å². The standard InChI is InChI=1S/C16H17N5O3/c22-14(9-21-10-15(23)19-16(21)24)18-13(8-20-7-6-17-11-20)12-4-2-1-3-5-12/h1-7,11,13H,8-10H2,(H,18,22)(H,19,23,24). The van der Waals surface area contributed by atoms with E-state index < -0.39 is 11.9 Å². The average Bonchev–Trinajstić information content (AvgIpc) is 3.17. The molecule has 8 heteroatoms. The van der Waals surface area contributed by atoms with Crippen molar-refractivity contribution in [1.82, 2.24) is 25.1 Å². The second-order valence-electron chi connectivity index (χ2n) is 5.50. The summed E-state index contributed by atoms with van der Waals surface area (Å²) in [5.74, 6) is -0.723. The minimum absolute atomic E-state index is 0.0935. The summed E-state index contributed by atoms with van der Waals surface area (Å²) in [6, 6.07) is 8.74. The second kappa shape index (κ2) is 6.95. The Balaban J connectivity index is 1.68. The fourth-order valence-corrected chi connectivity index (χ4v) is 2.55. The van der Waals surface area contributed by atoms with Gasteiger partial charge in [0.1, 0.15) is 13.1 Å². The van der Waals surface area contributed by atoms with Crippen molar-refractivity contribution in [3.8, 4) is 0 Å². The number of carbonyl (C=O) groups is 3. The van der Waals surface area contributed by atoms with Crippen molar-refractivity contribution >= 4 is 17.8 Å². The number of urea groups is 1. The number of aromatic nitrogens is 2. The fraction of sp³-hybridized carbons (Fsp3) is 0.250. The summed E-state index contributed by atoms with van der Waals surface area (Å²) >= 11 is 0. The fourth-order valence-electron chi connectivity index (χ4n) is 2.55. The first-order chi connectivity index (χ1) is 11.6. The van der Waals surface area contributed by atoms with Crippen LogP contribution in [0, 0.1) is 0 Å². The summed E-state index contributed by atoms with van der Waals surface area (Å²) in [7, 11) is 0. The van der Waals surface area contributed by atoms with Gasteiger partial charge in [-0.15, -0.1) is 0 Å². The molecule has 1 fully saturated rings. The number of imide groups is 1. The molecule has 4 amide bonds. The topological polar surface area (TPSA) is 96.3 Å². The van der Waals surface area contributed by atoms with Crippen molar-refractivity contribution in [1.29, 1.82) is 0 Å².